The van der Waals surface area contributed by atoms with E-state index in [1.165, 1.54) is 16.8 Å². The van der Waals surface area contributed by atoms with Crippen LogP contribution in [-0.4, -0.2) is 20.6 Å². The lowest BCUT2D eigenvalue weighted by atomic mass is 10.1. The van der Waals surface area contributed by atoms with Crippen molar-refractivity contribution in [1.82, 2.24) is 5.32 Å². The highest BCUT2D eigenvalue weighted by molar-refractivity contribution is 5.60. The number of hydrogen-bond donors (Lipinski definition) is 1. The van der Waals surface area contributed by atoms with E-state index in [2.05, 4.69) is 55.4 Å². The van der Waals surface area contributed by atoms with E-state index >= 15 is 0 Å². The lowest BCUT2D eigenvalue weighted by molar-refractivity contribution is 0.961. The van der Waals surface area contributed by atoms with Crippen LogP contribution in [0.3, 0.4) is 0 Å². The topological polar surface area (TPSA) is 15.3 Å². The fourth-order valence-electron chi connectivity index (χ4n) is 1.56. The van der Waals surface area contributed by atoms with Crippen molar-refractivity contribution >= 4 is 11.8 Å². The third-order valence-corrected chi connectivity index (χ3v) is 2.55. The molecular formula is C13H20N2. The predicted molar refractivity (Wildman–Crippen MR) is 68.2 cm³/mol. The molecule has 0 aliphatic carbocycles. The SMILES string of the molecule is CCN(C)c1ccc(/C=C/NC)cc1C. The summed E-state index contributed by atoms with van der Waals surface area (Å²) in [5.41, 5.74) is 3.85. The third kappa shape index (κ3) is 3.01. The largest absolute Gasteiger partial charge is 0.394 e. The first-order chi connectivity index (χ1) is 7.19. The molecule has 2 heteroatoms. The number of aryl methyl sites for hydroxylation is 1. The molecule has 0 aromatic heterocycles. The Kier molecular flexibility index (Phi) is 4.22. The number of benzene rings is 1. The normalized spacial score (nSPS) is 10.7. The van der Waals surface area contributed by atoms with Crippen LogP contribution in [0.1, 0.15) is 18.1 Å². The van der Waals surface area contributed by atoms with Crippen molar-refractivity contribution in [1.29, 1.82) is 0 Å². The maximum absolute atomic E-state index is 2.99. The molecule has 0 radical (unpaired) electrons. The van der Waals surface area contributed by atoms with Gasteiger partial charge in [-0.25, -0.2) is 0 Å². The van der Waals surface area contributed by atoms with Gasteiger partial charge in [-0.1, -0.05) is 6.07 Å². The molecule has 2 nitrogen and oxygen atoms in total. The smallest absolute Gasteiger partial charge is 0.0393 e. The number of hydrogen-bond acceptors (Lipinski definition) is 2. The third-order valence-electron chi connectivity index (χ3n) is 2.55. The lowest BCUT2D eigenvalue weighted by Crippen LogP contribution is -2.16. The Morgan fingerprint density at radius 2 is 2.13 bits per heavy atom. The minimum Gasteiger partial charge on any atom is -0.394 e. The summed E-state index contributed by atoms with van der Waals surface area (Å²) in [5, 5.41) is 2.99. The van der Waals surface area contributed by atoms with Crippen LogP contribution >= 0.6 is 0 Å². The molecule has 0 fully saturated rings. The summed E-state index contributed by atoms with van der Waals surface area (Å²) in [6.07, 6.45) is 4.01. The molecule has 0 aliphatic rings. The predicted octanol–water partition coefficient (Wildman–Crippen LogP) is 2.64. The van der Waals surface area contributed by atoms with Gasteiger partial charge in [0.25, 0.3) is 0 Å². The number of nitrogens with zero attached hydrogens (tertiary/aromatic N) is 1. The summed E-state index contributed by atoms with van der Waals surface area (Å²) in [7, 11) is 4.02. The Balaban J connectivity index is 2.92. The number of anilines is 1. The van der Waals surface area contributed by atoms with Gasteiger partial charge in [-0.3, -0.25) is 0 Å². The average Bonchev–Trinajstić information content (AvgIpc) is 2.25. The molecule has 0 atom stereocenters. The first-order valence-electron chi connectivity index (χ1n) is 5.34. The maximum Gasteiger partial charge on any atom is 0.0393 e. The Labute approximate surface area is 92.6 Å². The van der Waals surface area contributed by atoms with Gasteiger partial charge in [-0.15, -0.1) is 0 Å². The molecule has 1 N–H and O–H groups in total. The second kappa shape index (κ2) is 5.44. The Morgan fingerprint density at radius 3 is 2.67 bits per heavy atom. The zero-order chi connectivity index (χ0) is 11.3. The summed E-state index contributed by atoms with van der Waals surface area (Å²) in [6, 6.07) is 6.52. The van der Waals surface area contributed by atoms with Crippen LogP contribution in [0.15, 0.2) is 24.4 Å². The molecular weight excluding hydrogens is 184 g/mol. The number of rotatable bonds is 4. The van der Waals surface area contributed by atoms with Crippen LogP contribution in [0.4, 0.5) is 5.69 Å². The van der Waals surface area contributed by atoms with Gasteiger partial charge in [0.05, 0.1) is 0 Å². The molecule has 0 bridgehead atoms. The van der Waals surface area contributed by atoms with Gasteiger partial charge in [0.15, 0.2) is 0 Å². The Morgan fingerprint density at radius 1 is 1.40 bits per heavy atom. The summed E-state index contributed by atoms with van der Waals surface area (Å²) in [4.78, 5) is 2.25. The minimum absolute atomic E-state index is 1.03. The van der Waals surface area contributed by atoms with Crippen molar-refractivity contribution < 1.29 is 0 Å². The molecule has 1 aromatic carbocycles. The molecule has 0 amide bonds. The quantitative estimate of drug-likeness (QED) is 0.811. The fourth-order valence-corrected chi connectivity index (χ4v) is 1.56. The van der Waals surface area contributed by atoms with Crippen molar-refractivity contribution in [2.45, 2.75) is 13.8 Å². The van der Waals surface area contributed by atoms with E-state index in [9.17, 15) is 0 Å². The lowest BCUT2D eigenvalue weighted by Gasteiger charge is -2.19. The standard InChI is InChI=1S/C13H20N2/c1-5-15(4)13-7-6-12(8-9-14-3)10-11(13)2/h6-10,14H,5H2,1-4H3/b9-8+. The minimum atomic E-state index is 1.03. The molecule has 82 valence electrons. The molecule has 1 aromatic rings. The van der Waals surface area contributed by atoms with Crippen LogP contribution < -0.4 is 10.2 Å². The summed E-state index contributed by atoms with van der Waals surface area (Å²) < 4.78 is 0. The fraction of sp³-hybridized carbons (Fsp3) is 0.385. The summed E-state index contributed by atoms with van der Waals surface area (Å²) in [5.74, 6) is 0. The van der Waals surface area contributed by atoms with Gasteiger partial charge in [0, 0.05) is 26.3 Å². The molecule has 0 saturated carbocycles. The van der Waals surface area contributed by atoms with Gasteiger partial charge in [0.2, 0.25) is 0 Å². The molecule has 1 rings (SSSR count). The van der Waals surface area contributed by atoms with Gasteiger partial charge in [0.1, 0.15) is 0 Å². The van der Waals surface area contributed by atoms with Crippen molar-refractivity contribution in [3.63, 3.8) is 0 Å². The molecule has 0 unspecified atom stereocenters. The maximum atomic E-state index is 2.99. The van der Waals surface area contributed by atoms with Gasteiger partial charge < -0.3 is 10.2 Å². The summed E-state index contributed by atoms with van der Waals surface area (Å²) >= 11 is 0. The van der Waals surface area contributed by atoms with Gasteiger partial charge in [-0.05, 0) is 49.4 Å². The highest BCUT2D eigenvalue weighted by atomic mass is 15.1. The van der Waals surface area contributed by atoms with Crippen molar-refractivity contribution in [2.75, 3.05) is 25.5 Å². The molecule has 0 spiro atoms. The number of nitrogens with one attached hydrogen (secondary N) is 1. The monoisotopic (exact) mass is 204 g/mol. The average molecular weight is 204 g/mol. The first-order valence-corrected chi connectivity index (χ1v) is 5.34. The Hall–Kier alpha value is -1.44. The summed E-state index contributed by atoms with van der Waals surface area (Å²) in [6.45, 7) is 5.35. The van der Waals surface area contributed by atoms with Crippen molar-refractivity contribution in [3.8, 4) is 0 Å². The molecule has 0 saturated heterocycles. The molecule has 0 heterocycles. The van der Waals surface area contributed by atoms with Crippen molar-refractivity contribution in [2.24, 2.45) is 0 Å². The van der Waals surface area contributed by atoms with Gasteiger partial charge >= 0.3 is 0 Å². The van der Waals surface area contributed by atoms with E-state index in [-0.39, 0.29) is 0 Å². The zero-order valence-electron chi connectivity index (χ0n) is 10.0. The van der Waals surface area contributed by atoms with E-state index in [1.807, 2.05) is 13.2 Å². The van der Waals surface area contributed by atoms with E-state index in [1.54, 1.807) is 0 Å². The van der Waals surface area contributed by atoms with E-state index in [4.69, 9.17) is 0 Å². The Bertz CT molecular complexity index is 342. The van der Waals surface area contributed by atoms with Gasteiger partial charge in [-0.2, -0.15) is 0 Å². The van der Waals surface area contributed by atoms with E-state index in [0.717, 1.165) is 6.54 Å². The highest BCUT2D eigenvalue weighted by Crippen LogP contribution is 2.20. The van der Waals surface area contributed by atoms with E-state index in [0.29, 0.717) is 0 Å². The first kappa shape index (κ1) is 11.6. The van der Waals surface area contributed by atoms with Crippen LogP contribution in [0, 0.1) is 6.92 Å². The molecule has 15 heavy (non-hydrogen) atoms. The van der Waals surface area contributed by atoms with Crippen molar-refractivity contribution in [3.05, 3.63) is 35.5 Å². The second-order valence-electron chi connectivity index (χ2n) is 3.68. The van der Waals surface area contributed by atoms with Crippen LogP contribution in [0.2, 0.25) is 0 Å². The molecule has 0 aliphatic heterocycles. The highest BCUT2D eigenvalue weighted by Gasteiger charge is 2.01. The van der Waals surface area contributed by atoms with Crippen LogP contribution in [-0.2, 0) is 0 Å². The van der Waals surface area contributed by atoms with Crippen LogP contribution in [0.5, 0.6) is 0 Å². The van der Waals surface area contributed by atoms with Crippen LogP contribution in [0.25, 0.3) is 6.08 Å². The van der Waals surface area contributed by atoms with E-state index < -0.39 is 0 Å². The zero-order valence-corrected chi connectivity index (χ0v) is 10.0. The second-order valence-corrected chi connectivity index (χ2v) is 3.68.